The fraction of sp³-hybridized carbons (Fsp3) is 0.600. The van der Waals surface area contributed by atoms with E-state index >= 15 is 0 Å². The van der Waals surface area contributed by atoms with Crippen LogP contribution >= 0.6 is 0 Å². The van der Waals surface area contributed by atoms with Crippen LogP contribution in [-0.4, -0.2) is 28.5 Å². The van der Waals surface area contributed by atoms with Gasteiger partial charge in [-0.25, -0.2) is 0 Å². The summed E-state index contributed by atoms with van der Waals surface area (Å²) < 4.78 is 39.1. The zero-order valence-corrected chi connectivity index (χ0v) is 16.3. The number of nitrogens with one attached hydrogen (secondary N) is 1. The Kier molecular flexibility index (Phi) is 6.62. The molecule has 2 rings (SSSR count). The van der Waals surface area contributed by atoms with Gasteiger partial charge < -0.3 is 20.1 Å². The number of amides is 2. The van der Waals surface area contributed by atoms with Crippen molar-refractivity contribution in [3.63, 3.8) is 0 Å². The van der Waals surface area contributed by atoms with Gasteiger partial charge in [0.1, 0.15) is 6.09 Å². The highest BCUT2D eigenvalue weighted by atomic mass is 19.4. The van der Waals surface area contributed by atoms with Crippen LogP contribution in [0.25, 0.3) is 0 Å². The minimum atomic E-state index is -4.47. The summed E-state index contributed by atoms with van der Waals surface area (Å²) in [7, 11) is 0. The van der Waals surface area contributed by atoms with Crippen LogP contribution in [0.5, 0.6) is 0 Å². The van der Waals surface area contributed by atoms with Crippen molar-refractivity contribution in [3.8, 4) is 0 Å². The Balaban J connectivity index is 1.94. The molecule has 5 nitrogen and oxygen atoms in total. The molecule has 0 heterocycles. The van der Waals surface area contributed by atoms with Crippen LogP contribution in [0.3, 0.4) is 0 Å². The van der Waals surface area contributed by atoms with E-state index in [0.29, 0.717) is 25.7 Å². The summed E-state index contributed by atoms with van der Waals surface area (Å²) in [5.74, 6) is -0.635. The molecule has 0 unspecified atom stereocenters. The minimum absolute atomic E-state index is 0.0212. The Hall–Kier alpha value is -2.25. The summed E-state index contributed by atoms with van der Waals surface area (Å²) in [4.78, 5) is 25.2. The standard InChI is InChI=1S/C20H27F3N2O3/c1-19(2,3)25(18(27)28)15-10-8-13(9-11-15)17(26)24-12-14-6-4-5-7-16(14)20(21,22)23/h4-7,13,15H,8-12H2,1-3H3,(H,24,26)(H,27,28)/p-1. The highest BCUT2D eigenvalue weighted by Gasteiger charge is 2.35. The molecule has 8 heteroatoms. The number of hydrogen-bond donors (Lipinski definition) is 1. The third kappa shape index (κ3) is 5.39. The SMILES string of the molecule is CC(C)(C)N(C(=O)[O-])C1CCC(C(=O)NCc2ccccc2C(F)(F)F)CC1. The number of alkyl halides is 3. The molecule has 0 bridgehead atoms. The van der Waals surface area contributed by atoms with Gasteiger partial charge in [-0.1, -0.05) is 18.2 Å². The van der Waals surface area contributed by atoms with E-state index in [4.69, 9.17) is 0 Å². The molecule has 156 valence electrons. The fourth-order valence-corrected chi connectivity index (χ4v) is 3.84. The number of nitrogens with zero attached hydrogens (tertiary/aromatic N) is 1. The number of hydrogen-bond acceptors (Lipinski definition) is 3. The lowest BCUT2D eigenvalue weighted by Crippen LogP contribution is -2.57. The summed E-state index contributed by atoms with van der Waals surface area (Å²) in [6, 6.07) is 4.94. The second-order valence-corrected chi connectivity index (χ2v) is 8.18. The molecule has 1 aromatic carbocycles. The van der Waals surface area contributed by atoms with Gasteiger partial charge in [-0.2, -0.15) is 13.2 Å². The first-order chi connectivity index (χ1) is 12.9. The molecule has 2 amide bonds. The van der Waals surface area contributed by atoms with E-state index in [2.05, 4.69) is 5.32 Å². The summed E-state index contributed by atoms with van der Waals surface area (Å²) >= 11 is 0. The Bertz CT molecular complexity index is 705. The van der Waals surface area contributed by atoms with Crippen LogP contribution in [0.15, 0.2) is 24.3 Å². The fourth-order valence-electron chi connectivity index (χ4n) is 3.84. The van der Waals surface area contributed by atoms with Gasteiger partial charge in [-0.05, 0) is 58.1 Å². The van der Waals surface area contributed by atoms with Crippen molar-refractivity contribution in [1.82, 2.24) is 10.2 Å². The lowest BCUT2D eigenvalue weighted by molar-refractivity contribution is -0.274. The maximum Gasteiger partial charge on any atom is 0.416 e. The van der Waals surface area contributed by atoms with E-state index in [-0.39, 0.29) is 30.0 Å². The Labute approximate surface area is 162 Å². The Morgan fingerprint density at radius 3 is 2.18 bits per heavy atom. The van der Waals surface area contributed by atoms with Crippen molar-refractivity contribution < 1.29 is 27.9 Å². The second-order valence-electron chi connectivity index (χ2n) is 8.18. The third-order valence-corrected chi connectivity index (χ3v) is 5.13. The van der Waals surface area contributed by atoms with Gasteiger partial charge in [-0.15, -0.1) is 0 Å². The lowest BCUT2D eigenvalue weighted by Gasteiger charge is -2.46. The lowest BCUT2D eigenvalue weighted by atomic mass is 9.83. The Morgan fingerprint density at radius 2 is 1.68 bits per heavy atom. The van der Waals surface area contributed by atoms with E-state index in [0.717, 1.165) is 6.07 Å². The number of halogens is 3. The van der Waals surface area contributed by atoms with Gasteiger partial charge >= 0.3 is 6.18 Å². The van der Waals surface area contributed by atoms with Crippen molar-refractivity contribution in [3.05, 3.63) is 35.4 Å². The van der Waals surface area contributed by atoms with Crippen LogP contribution in [-0.2, 0) is 17.5 Å². The van der Waals surface area contributed by atoms with E-state index in [1.165, 1.54) is 23.1 Å². The molecule has 1 fully saturated rings. The number of benzene rings is 1. The first kappa shape index (κ1) is 22.0. The molecule has 0 atom stereocenters. The molecule has 28 heavy (non-hydrogen) atoms. The number of carbonyl (C=O) groups excluding carboxylic acids is 2. The van der Waals surface area contributed by atoms with Gasteiger partial charge in [0.2, 0.25) is 5.91 Å². The molecular weight excluding hydrogens is 373 g/mol. The van der Waals surface area contributed by atoms with Gasteiger partial charge in [0.15, 0.2) is 0 Å². The topological polar surface area (TPSA) is 72.5 Å². The molecule has 0 spiro atoms. The van der Waals surface area contributed by atoms with Crippen LogP contribution in [0.4, 0.5) is 18.0 Å². The normalized spacial score (nSPS) is 20.5. The third-order valence-electron chi connectivity index (χ3n) is 5.13. The monoisotopic (exact) mass is 399 g/mol. The van der Waals surface area contributed by atoms with Crippen LogP contribution in [0.2, 0.25) is 0 Å². The molecule has 1 aliphatic carbocycles. The maximum absolute atomic E-state index is 13.0. The number of carbonyl (C=O) groups is 2. The highest BCUT2D eigenvalue weighted by molar-refractivity contribution is 5.78. The summed E-state index contributed by atoms with van der Waals surface area (Å²) in [5, 5.41) is 14.1. The number of rotatable bonds is 4. The first-order valence-corrected chi connectivity index (χ1v) is 9.34. The van der Waals surface area contributed by atoms with Gasteiger partial charge in [0.05, 0.1) is 5.56 Å². The summed E-state index contributed by atoms with van der Waals surface area (Å²) in [6.45, 7) is 5.18. The van der Waals surface area contributed by atoms with Crippen molar-refractivity contribution in [2.75, 3.05) is 0 Å². The average Bonchev–Trinajstić information content (AvgIpc) is 2.58. The number of carboxylic acid groups (broad SMARTS) is 1. The summed E-state index contributed by atoms with van der Waals surface area (Å²) in [6.07, 6.45) is -3.70. The zero-order valence-electron chi connectivity index (χ0n) is 16.3. The molecule has 0 aromatic heterocycles. The maximum atomic E-state index is 13.0. The molecule has 0 radical (unpaired) electrons. The van der Waals surface area contributed by atoms with Crippen molar-refractivity contribution in [2.24, 2.45) is 5.92 Å². The molecular formula is C20H26F3N2O3-. The molecule has 0 aliphatic heterocycles. The highest BCUT2D eigenvalue weighted by Crippen LogP contribution is 2.33. The molecule has 1 N–H and O–H groups in total. The predicted octanol–water partition coefficient (Wildman–Crippen LogP) is 3.32. The van der Waals surface area contributed by atoms with Gasteiger partial charge in [0, 0.05) is 24.0 Å². The second kappa shape index (κ2) is 8.41. The molecule has 1 aliphatic rings. The summed E-state index contributed by atoms with van der Waals surface area (Å²) in [5.41, 5.74) is -1.33. The van der Waals surface area contributed by atoms with Crippen LogP contribution in [0.1, 0.15) is 57.6 Å². The van der Waals surface area contributed by atoms with E-state index in [9.17, 15) is 27.9 Å². The van der Waals surface area contributed by atoms with E-state index < -0.39 is 23.4 Å². The largest absolute Gasteiger partial charge is 0.530 e. The smallest absolute Gasteiger partial charge is 0.416 e. The van der Waals surface area contributed by atoms with Gasteiger partial charge in [0.25, 0.3) is 0 Å². The molecule has 1 saturated carbocycles. The quantitative estimate of drug-likeness (QED) is 0.844. The van der Waals surface area contributed by atoms with Crippen molar-refractivity contribution >= 4 is 12.0 Å². The Morgan fingerprint density at radius 1 is 1.11 bits per heavy atom. The predicted molar refractivity (Wildman–Crippen MR) is 96.0 cm³/mol. The van der Waals surface area contributed by atoms with Crippen molar-refractivity contribution in [1.29, 1.82) is 0 Å². The van der Waals surface area contributed by atoms with E-state index in [1.807, 2.05) is 0 Å². The first-order valence-electron chi connectivity index (χ1n) is 9.34. The van der Waals surface area contributed by atoms with Crippen molar-refractivity contribution in [2.45, 2.75) is 70.8 Å². The average molecular weight is 399 g/mol. The molecule has 1 aromatic rings. The minimum Gasteiger partial charge on any atom is -0.530 e. The molecule has 0 saturated heterocycles. The van der Waals surface area contributed by atoms with Gasteiger partial charge in [-0.3, -0.25) is 4.79 Å². The zero-order chi connectivity index (χ0) is 21.1. The van der Waals surface area contributed by atoms with E-state index in [1.54, 1.807) is 20.8 Å². The van der Waals surface area contributed by atoms with Crippen LogP contribution in [0, 0.1) is 5.92 Å². The van der Waals surface area contributed by atoms with Crippen LogP contribution < -0.4 is 10.4 Å².